The molecule has 0 unspecified atom stereocenters. The Kier molecular flexibility index (Phi) is 6.93. The third-order valence-electron chi connectivity index (χ3n) is 6.49. The standard InChI is InChI=1S/C30H34O2/c1-22(29(3,4)24-10-8-7-9-11-24)12-13-23(2)32-28-20-16-26(17-21-28)30(5,6)25-14-18-27(31)19-15-25/h7-21,31H,1-6H3/b22-12+,23-13+. The molecule has 0 saturated carbocycles. The van der Waals surface area contributed by atoms with Crippen molar-refractivity contribution in [2.75, 3.05) is 0 Å². The smallest absolute Gasteiger partial charge is 0.126 e. The first-order chi connectivity index (χ1) is 15.1. The number of aromatic hydroxyl groups is 1. The van der Waals surface area contributed by atoms with Crippen LogP contribution in [-0.2, 0) is 10.8 Å². The number of benzene rings is 3. The molecule has 166 valence electrons. The molecule has 0 aliphatic rings. The van der Waals surface area contributed by atoms with Crippen LogP contribution in [0.2, 0.25) is 0 Å². The van der Waals surface area contributed by atoms with Crippen molar-refractivity contribution in [3.63, 3.8) is 0 Å². The van der Waals surface area contributed by atoms with E-state index in [9.17, 15) is 5.11 Å². The first-order valence-corrected chi connectivity index (χ1v) is 11.1. The van der Waals surface area contributed by atoms with Gasteiger partial charge in [-0.15, -0.1) is 0 Å². The lowest BCUT2D eigenvalue weighted by Gasteiger charge is -2.26. The van der Waals surface area contributed by atoms with Gasteiger partial charge in [-0.1, -0.05) is 93.9 Å². The van der Waals surface area contributed by atoms with Crippen molar-refractivity contribution in [1.82, 2.24) is 0 Å². The minimum absolute atomic E-state index is 0.0422. The number of ether oxygens (including phenoxy) is 1. The lowest BCUT2D eigenvalue weighted by Crippen LogP contribution is -2.18. The van der Waals surface area contributed by atoms with Crippen LogP contribution < -0.4 is 4.74 Å². The largest absolute Gasteiger partial charge is 0.508 e. The van der Waals surface area contributed by atoms with E-state index in [1.54, 1.807) is 12.1 Å². The van der Waals surface area contributed by atoms with Gasteiger partial charge in [0.25, 0.3) is 0 Å². The summed E-state index contributed by atoms with van der Waals surface area (Å²) in [5, 5.41) is 9.57. The van der Waals surface area contributed by atoms with Crippen LogP contribution in [0.5, 0.6) is 11.5 Å². The third-order valence-corrected chi connectivity index (χ3v) is 6.49. The maximum absolute atomic E-state index is 9.57. The molecular formula is C30H34O2. The highest BCUT2D eigenvalue weighted by Gasteiger charge is 2.23. The molecule has 2 nitrogen and oxygen atoms in total. The van der Waals surface area contributed by atoms with E-state index in [1.165, 1.54) is 16.7 Å². The number of phenolic OH excluding ortho intramolecular Hbond substituents is 1. The predicted octanol–water partition coefficient (Wildman–Crippen LogP) is 7.92. The Morgan fingerprint density at radius 3 is 1.78 bits per heavy atom. The minimum atomic E-state index is -0.167. The van der Waals surface area contributed by atoms with E-state index in [1.807, 2.05) is 43.3 Å². The number of hydrogen-bond donors (Lipinski definition) is 1. The summed E-state index contributed by atoms with van der Waals surface area (Å²) in [4.78, 5) is 0. The van der Waals surface area contributed by atoms with Gasteiger partial charge in [-0.05, 0) is 60.9 Å². The molecule has 0 aliphatic heterocycles. The molecule has 32 heavy (non-hydrogen) atoms. The molecule has 0 amide bonds. The molecule has 0 heterocycles. The normalized spacial score (nSPS) is 13.2. The summed E-state index contributed by atoms with van der Waals surface area (Å²) in [6.07, 6.45) is 4.18. The highest BCUT2D eigenvalue weighted by Crippen LogP contribution is 2.34. The Bertz CT molecular complexity index is 1080. The molecule has 3 rings (SSSR count). The molecule has 0 radical (unpaired) electrons. The van der Waals surface area contributed by atoms with Gasteiger partial charge in [-0.3, -0.25) is 0 Å². The second-order valence-corrected chi connectivity index (χ2v) is 9.42. The van der Waals surface area contributed by atoms with Gasteiger partial charge in [-0.2, -0.15) is 0 Å². The predicted molar refractivity (Wildman–Crippen MR) is 134 cm³/mol. The molecule has 0 fully saturated rings. The summed E-state index contributed by atoms with van der Waals surface area (Å²) in [6, 6.07) is 26.2. The van der Waals surface area contributed by atoms with Crippen molar-refractivity contribution < 1.29 is 9.84 Å². The molecule has 3 aromatic rings. The van der Waals surface area contributed by atoms with Gasteiger partial charge in [-0.25, -0.2) is 0 Å². The number of rotatable bonds is 7. The van der Waals surface area contributed by atoms with Gasteiger partial charge < -0.3 is 9.84 Å². The van der Waals surface area contributed by atoms with Crippen LogP contribution in [0.15, 0.2) is 102 Å². The summed E-state index contributed by atoms with van der Waals surface area (Å²) in [5.74, 6) is 1.95. The van der Waals surface area contributed by atoms with Crippen LogP contribution in [0.4, 0.5) is 0 Å². The van der Waals surface area contributed by atoms with Crippen molar-refractivity contribution in [1.29, 1.82) is 0 Å². The minimum Gasteiger partial charge on any atom is -0.508 e. The van der Waals surface area contributed by atoms with E-state index >= 15 is 0 Å². The quantitative estimate of drug-likeness (QED) is 0.307. The van der Waals surface area contributed by atoms with E-state index in [0.717, 1.165) is 17.1 Å². The summed E-state index contributed by atoms with van der Waals surface area (Å²) < 4.78 is 6.06. The van der Waals surface area contributed by atoms with E-state index < -0.39 is 0 Å². The molecule has 0 aliphatic carbocycles. The monoisotopic (exact) mass is 426 g/mol. The van der Waals surface area contributed by atoms with Gasteiger partial charge in [0, 0.05) is 10.8 Å². The van der Waals surface area contributed by atoms with E-state index in [2.05, 4.69) is 77.1 Å². The average molecular weight is 427 g/mol. The van der Waals surface area contributed by atoms with Crippen LogP contribution in [0.1, 0.15) is 58.2 Å². The summed E-state index contributed by atoms with van der Waals surface area (Å²) >= 11 is 0. The molecule has 0 bridgehead atoms. The van der Waals surface area contributed by atoms with Gasteiger partial charge in [0.15, 0.2) is 0 Å². The van der Waals surface area contributed by atoms with E-state index in [0.29, 0.717) is 0 Å². The average Bonchev–Trinajstić information content (AvgIpc) is 2.78. The number of hydrogen-bond acceptors (Lipinski definition) is 2. The first kappa shape index (κ1) is 23.4. The zero-order chi connectivity index (χ0) is 23.4. The maximum atomic E-state index is 9.57. The Morgan fingerprint density at radius 1 is 0.688 bits per heavy atom. The zero-order valence-electron chi connectivity index (χ0n) is 20.0. The van der Waals surface area contributed by atoms with Crippen molar-refractivity contribution in [3.05, 3.63) is 119 Å². The molecule has 0 aromatic heterocycles. The van der Waals surface area contributed by atoms with Crippen LogP contribution in [0.25, 0.3) is 0 Å². The Balaban J connectivity index is 1.71. The number of phenols is 1. The van der Waals surface area contributed by atoms with Crippen molar-refractivity contribution in [2.45, 2.75) is 52.4 Å². The second-order valence-electron chi connectivity index (χ2n) is 9.42. The molecule has 1 N–H and O–H groups in total. The van der Waals surface area contributed by atoms with Crippen molar-refractivity contribution in [3.8, 4) is 11.5 Å². The van der Waals surface area contributed by atoms with Crippen molar-refractivity contribution >= 4 is 0 Å². The fourth-order valence-corrected chi connectivity index (χ4v) is 3.74. The number of allylic oxidation sites excluding steroid dienone is 4. The summed E-state index contributed by atoms with van der Waals surface area (Å²) in [6.45, 7) is 13.0. The SMILES string of the molecule is C/C(=C\C=C(/C)C(C)(C)c1ccccc1)Oc1ccc(C(C)(C)c2ccc(O)cc2)cc1. The Labute approximate surface area is 192 Å². The van der Waals surface area contributed by atoms with E-state index in [-0.39, 0.29) is 16.6 Å². The van der Waals surface area contributed by atoms with Gasteiger partial charge in [0.05, 0.1) is 0 Å². The molecule has 0 spiro atoms. The lowest BCUT2D eigenvalue weighted by molar-refractivity contribution is 0.427. The summed E-state index contributed by atoms with van der Waals surface area (Å²) in [5.41, 5.74) is 4.71. The van der Waals surface area contributed by atoms with Crippen molar-refractivity contribution in [2.24, 2.45) is 0 Å². The molecule has 0 saturated heterocycles. The molecule has 3 aromatic carbocycles. The zero-order valence-corrected chi connectivity index (χ0v) is 20.0. The van der Waals surface area contributed by atoms with Crippen LogP contribution in [0, 0.1) is 0 Å². The van der Waals surface area contributed by atoms with Gasteiger partial charge >= 0.3 is 0 Å². The maximum Gasteiger partial charge on any atom is 0.126 e. The topological polar surface area (TPSA) is 29.5 Å². The fraction of sp³-hybridized carbons (Fsp3) is 0.267. The van der Waals surface area contributed by atoms with Gasteiger partial charge in [0.2, 0.25) is 0 Å². The Morgan fingerprint density at radius 2 is 1.22 bits per heavy atom. The lowest BCUT2D eigenvalue weighted by atomic mass is 9.78. The molecule has 2 heteroatoms. The first-order valence-electron chi connectivity index (χ1n) is 11.1. The fourth-order valence-electron chi connectivity index (χ4n) is 3.74. The molecular weight excluding hydrogens is 392 g/mol. The highest BCUT2D eigenvalue weighted by molar-refractivity contribution is 5.42. The molecule has 0 atom stereocenters. The van der Waals surface area contributed by atoms with Gasteiger partial charge in [0.1, 0.15) is 17.3 Å². The summed E-state index contributed by atoms with van der Waals surface area (Å²) in [7, 11) is 0. The highest BCUT2D eigenvalue weighted by atomic mass is 16.5. The third kappa shape index (κ3) is 5.31. The Hall–Kier alpha value is -3.26. The second kappa shape index (κ2) is 9.48. The van der Waals surface area contributed by atoms with Crippen LogP contribution in [0.3, 0.4) is 0 Å². The van der Waals surface area contributed by atoms with Crippen LogP contribution >= 0.6 is 0 Å². The van der Waals surface area contributed by atoms with E-state index in [4.69, 9.17) is 4.74 Å². The van der Waals surface area contributed by atoms with Crippen LogP contribution in [-0.4, -0.2) is 5.11 Å².